The predicted molar refractivity (Wildman–Crippen MR) is 69.6 cm³/mol. The highest BCUT2D eigenvalue weighted by molar-refractivity contribution is 4.85. The highest BCUT2D eigenvalue weighted by Gasteiger charge is 2.30. The molecule has 0 radical (unpaired) electrons. The summed E-state index contributed by atoms with van der Waals surface area (Å²) in [7, 11) is 2.18. The van der Waals surface area contributed by atoms with Crippen LogP contribution in [0, 0.1) is 5.92 Å². The number of hydrogen-bond donors (Lipinski definition) is 1. The molecule has 0 aromatic heterocycles. The van der Waals surface area contributed by atoms with E-state index in [0.29, 0.717) is 6.04 Å². The fraction of sp³-hybridized carbons (Fsp3) is 1.00. The summed E-state index contributed by atoms with van der Waals surface area (Å²) in [5.41, 5.74) is -0.480. The van der Waals surface area contributed by atoms with E-state index in [1.165, 1.54) is 25.7 Å². The maximum absolute atomic E-state index is 10.4. The van der Waals surface area contributed by atoms with E-state index in [1.807, 2.05) is 0 Å². The fourth-order valence-electron chi connectivity index (χ4n) is 3.01. The second-order valence-electron chi connectivity index (χ2n) is 5.68. The minimum atomic E-state index is -0.480. The van der Waals surface area contributed by atoms with Gasteiger partial charge in [0.2, 0.25) is 0 Å². The molecule has 16 heavy (non-hydrogen) atoms. The summed E-state index contributed by atoms with van der Waals surface area (Å²) in [5, 5.41) is 10.4. The lowest BCUT2D eigenvalue weighted by atomic mass is 9.84. The fourth-order valence-corrected chi connectivity index (χ4v) is 3.01. The number of nitrogens with zero attached hydrogens (tertiary/aromatic N) is 1. The van der Waals surface area contributed by atoms with Crippen LogP contribution in [0.2, 0.25) is 0 Å². The van der Waals surface area contributed by atoms with E-state index in [0.717, 1.165) is 25.3 Å². The van der Waals surface area contributed by atoms with Gasteiger partial charge in [0.05, 0.1) is 5.60 Å². The third-order valence-electron chi connectivity index (χ3n) is 4.49. The third-order valence-corrected chi connectivity index (χ3v) is 4.49. The van der Waals surface area contributed by atoms with Crippen molar-refractivity contribution in [1.29, 1.82) is 0 Å². The summed E-state index contributed by atoms with van der Waals surface area (Å²) < 4.78 is 0. The average Bonchev–Trinajstić information content (AvgIpc) is 2.29. The van der Waals surface area contributed by atoms with Gasteiger partial charge in [-0.2, -0.15) is 0 Å². The molecule has 0 aromatic carbocycles. The molecule has 0 saturated heterocycles. The number of rotatable bonds is 5. The van der Waals surface area contributed by atoms with Crippen LogP contribution in [0.15, 0.2) is 0 Å². The molecule has 0 spiro atoms. The van der Waals surface area contributed by atoms with Gasteiger partial charge in [-0.1, -0.05) is 33.6 Å². The largest absolute Gasteiger partial charge is 0.389 e. The van der Waals surface area contributed by atoms with Crippen molar-refractivity contribution in [3.8, 4) is 0 Å². The third kappa shape index (κ3) is 3.46. The lowest BCUT2D eigenvalue weighted by Gasteiger charge is -2.40. The Balaban J connectivity index is 2.52. The van der Waals surface area contributed by atoms with E-state index < -0.39 is 5.60 Å². The Hall–Kier alpha value is -0.0800. The summed E-state index contributed by atoms with van der Waals surface area (Å²) >= 11 is 0. The van der Waals surface area contributed by atoms with E-state index in [-0.39, 0.29) is 0 Å². The first-order chi connectivity index (χ1) is 7.52. The number of hydrogen-bond acceptors (Lipinski definition) is 2. The summed E-state index contributed by atoms with van der Waals surface area (Å²) in [6, 6.07) is 0.679. The molecule has 96 valence electrons. The van der Waals surface area contributed by atoms with E-state index in [9.17, 15) is 5.11 Å². The molecule has 0 amide bonds. The van der Waals surface area contributed by atoms with Gasteiger partial charge >= 0.3 is 0 Å². The van der Waals surface area contributed by atoms with E-state index in [4.69, 9.17) is 0 Å². The van der Waals surface area contributed by atoms with Crippen LogP contribution < -0.4 is 0 Å². The van der Waals surface area contributed by atoms with Crippen molar-refractivity contribution in [1.82, 2.24) is 4.90 Å². The first kappa shape index (κ1) is 14.0. The highest BCUT2D eigenvalue weighted by atomic mass is 16.3. The van der Waals surface area contributed by atoms with Crippen molar-refractivity contribution in [3.63, 3.8) is 0 Å². The molecule has 0 bridgehead atoms. The standard InChI is InChI=1S/C14H29NO/c1-5-14(16,6-2)11-15(4)13-10-8-7-9-12(13)3/h12-13,16H,5-11H2,1-4H3. The quantitative estimate of drug-likeness (QED) is 0.780. The zero-order valence-corrected chi connectivity index (χ0v) is 11.5. The molecule has 1 aliphatic rings. The van der Waals surface area contributed by atoms with Gasteiger partial charge in [-0.25, -0.2) is 0 Å². The van der Waals surface area contributed by atoms with Crippen molar-refractivity contribution in [2.45, 2.75) is 70.9 Å². The Morgan fingerprint density at radius 3 is 2.25 bits per heavy atom. The molecule has 1 N–H and O–H groups in total. The first-order valence-corrected chi connectivity index (χ1v) is 6.95. The van der Waals surface area contributed by atoms with Crippen molar-refractivity contribution < 1.29 is 5.11 Å². The molecule has 2 nitrogen and oxygen atoms in total. The first-order valence-electron chi connectivity index (χ1n) is 6.95. The Morgan fingerprint density at radius 2 is 1.75 bits per heavy atom. The van der Waals surface area contributed by atoms with Gasteiger partial charge in [0, 0.05) is 12.6 Å². The summed E-state index contributed by atoms with van der Waals surface area (Å²) in [6.45, 7) is 7.36. The molecule has 0 aliphatic heterocycles. The summed E-state index contributed by atoms with van der Waals surface area (Å²) in [4.78, 5) is 2.40. The van der Waals surface area contributed by atoms with Gasteiger partial charge < -0.3 is 10.0 Å². The SMILES string of the molecule is CCC(O)(CC)CN(C)C1CCCCC1C. The van der Waals surface area contributed by atoms with Crippen molar-refractivity contribution in [3.05, 3.63) is 0 Å². The molecule has 2 atom stereocenters. The van der Waals surface area contributed by atoms with Crippen LogP contribution in [0.5, 0.6) is 0 Å². The summed E-state index contributed by atoms with van der Waals surface area (Å²) in [5.74, 6) is 0.789. The number of likely N-dealkylation sites (N-methyl/N-ethyl adjacent to an activating group) is 1. The maximum atomic E-state index is 10.4. The highest BCUT2D eigenvalue weighted by Crippen LogP contribution is 2.29. The molecule has 0 heterocycles. The van der Waals surface area contributed by atoms with Crippen LogP contribution in [-0.4, -0.2) is 35.2 Å². The van der Waals surface area contributed by atoms with Crippen molar-refractivity contribution >= 4 is 0 Å². The minimum absolute atomic E-state index is 0.480. The van der Waals surface area contributed by atoms with Gasteiger partial charge in [-0.15, -0.1) is 0 Å². The van der Waals surface area contributed by atoms with Gasteiger partial charge in [0.15, 0.2) is 0 Å². The topological polar surface area (TPSA) is 23.5 Å². The molecular weight excluding hydrogens is 198 g/mol. The van der Waals surface area contributed by atoms with Crippen molar-refractivity contribution in [2.75, 3.05) is 13.6 Å². The van der Waals surface area contributed by atoms with Crippen LogP contribution >= 0.6 is 0 Å². The zero-order chi connectivity index (χ0) is 12.2. The lowest BCUT2D eigenvalue weighted by molar-refractivity contribution is -0.0179. The van der Waals surface area contributed by atoms with E-state index in [1.54, 1.807) is 0 Å². The molecule has 0 aromatic rings. The maximum Gasteiger partial charge on any atom is 0.0768 e. The zero-order valence-electron chi connectivity index (χ0n) is 11.5. The normalized spacial score (nSPS) is 27.4. The Bertz CT molecular complexity index is 201. The van der Waals surface area contributed by atoms with Crippen LogP contribution in [0.25, 0.3) is 0 Å². The van der Waals surface area contributed by atoms with Gasteiger partial charge in [-0.05, 0) is 38.6 Å². The summed E-state index contributed by atoms with van der Waals surface area (Å²) in [6.07, 6.45) is 7.12. The molecular formula is C14H29NO. The predicted octanol–water partition coefficient (Wildman–Crippen LogP) is 3.05. The molecule has 2 heteroatoms. The molecule has 1 aliphatic carbocycles. The Labute approximate surface area is 101 Å². The molecule has 1 fully saturated rings. The van der Waals surface area contributed by atoms with Gasteiger partial charge in [0.25, 0.3) is 0 Å². The van der Waals surface area contributed by atoms with Crippen LogP contribution in [-0.2, 0) is 0 Å². The van der Waals surface area contributed by atoms with Gasteiger partial charge in [0.1, 0.15) is 0 Å². The van der Waals surface area contributed by atoms with Crippen LogP contribution in [0.3, 0.4) is 0 Å². The van der Waals surface area contributed by atoms with Gasteiger partial charge in [-0.3, -0.25) is 0 Å². The Kier molecular flexibility index (Phi) is 5.26. The molecule has 1 saturated carbocycles. The number of aliphatic hydroxyl groups is 1. The average molecular weight is 227 g/mol. The Morgan fingerprint density at radius 1 is 1.19 bits per heavy atom. The monoisotopic (exact) mass is 227 g/mol. The van der Waals surface area contributed by atoms with Crippen LogP contribution in [0.4, 0.5) is 0 Å². The second-order valence-corrected chi connectivity index (χ2v) is 5.68. The second kappa shape index (κ2) is 6.02. The minimum Gasteiger partial charge on any atom is -0.389 e. The molecule has 1 rings (SSSR count). The smallest absolute Gasteiger partial charge is 0.0768 e. The lowest BCUT2D eigenvalue weighted by Crippen LogP contribution is -2.47. The van der Waals surface area contributed by atoms with E-state index >= 15 is 0 Å². The molecule has 2 unspecified atom stereocenters. The van der Waals surface area contributed by atoms with Crippen LogP contribution in [0.1, 0.15) is 59.3 Å². The van der Waals surface area contributed by atoms with E-state index in [2.05, 4.69) is 32.7 Å². The van der Waals surface area contributed by atoms with Crippen molar-refractivity contribution in [2.24, 2.45) is 5.92 Å².